The molecule has 5 atom stereocenters. The fourth-order valence-electron chi connectivity index (χ4n) is 5.92. The Bertz CT molecular complexity index is 1020. The molecule has 1 spiro atoms. The molecule has 1 aromatic rings. The quantitative estimate of drug-likeness (QED) is 0.641. The van der Waals surface area contributed by atoms with E-state index in [2.05, 4.69) is 6.92 Å². The van der Waals surface area contributed by atoms with E-state index < -0.39 is 29.6 Å². The minimum atomic E-state index is -1.24. The highest BCUT2D eigenvalue weighted by atomic mass is 16.5. The molecule has 8 nitrogen and oxygen atoms in total. The van der Waals surface area contributed by atoms with E-state index in [9.17, 15) is 19.5 Å². The molecule has 0 radical (unpaired) electrons. The minimum absolute atomic E-state index is 0.0239. The van der Waals surface area contributed by atoms with E-state index in [-0.39, 0.29) is 30.9 Å². The molecule has 4 heterocycles. The first-order valence-corrected chi connectivity index (χ1v) is 12.1. The number of hydrogen-bond donors (Lipinski definition) is 1. The average Bonchev–Trinajstić information content (AvgIpc) is 3.15. The predicted molar refractivity (Wildman–Crippen MR) is 126 cm³/mol. The summed E-state index contributed by atoms with van der Waals surface area (Å²) in [5, 5.41) is 9.72. The highest BCUT2D eigenvalue weighted by molar-refractivity contribution is 6.03. The molecule has 4 aliphatic rings. The molecule has 0 bridgehead atoms. The summed E-state index contributed by atoms with van der Waals surface area (Å²) in [7, 11) is 0. The van der Waals surface area contributed by atoms with Gasteiger partial charge in [0.2, 0.25) is 17.7 Å². The summed E-state index contributed by atoms with van der Waals surface area (Å²) in [6.07, 6.45) is 8.69. The van der Waals surface area contributed by atoms with Gasteiger partial charge in [-0.1, -0.05) is 55.8 Å². The summed E-state index contributed by atoms with van der Waals surface area (Å²) in [6.45, 7) is 3.23. The van der Waals surface area contributed by atoms with Crippen molar-refractivity contribution in [2.45, 2.75) is 37.5 Å². The first-order valence-electron chi connectivity index (χ1n) is 12.1. The number of fused-ring (bicyclic) bond motifs is 2. The molecule has 5 rings (SSSR count). The summed E-state index contributed by atoms with van der Waals surface area (Å²) in [5.41, 5.74) is -0.481. The van der Waals surface area contributed by atoms with E-state index in [0.29, 0.717) is 19.6 Å². The van der Waals surface area contributed by atoms with E-state index >= 15 is 0 Å². The van der Waals surface area contributed by atoms with Crippen LogP contribution < -0.4 is 4.90 Å². The van der Waals surface area contributed by atoms with Gasteiger partial charge in [0.25, 0.3) is 0 Å². The Balaban J connectivity index is 1.57. The van der Waals surface area contributed by atoms with Crippen LogP contribution in [-0.4, -0.2) is 83.2 Å². The number of amides is 3. The number of nitrogens with zero attached hydrogens (tertiary/aromatic N) is 3. The highest BCUT2D eigenvalue weighted by Gasteiger charge is 2.71. The normalized spacial score (nSPS) is 32.5. The number of para-hydroxylation sites is 1. The number of ether oxygens (including phenoxy) is 1. The number of unbranched alkanes of at least 4 members (excludes halogenated alkanes) is 1. The maximum Gasteiger partial charge on any atom is 0.249 e. The monoisotopic (exact) mass is 465 g/mol. The molecule has 0 saturated carbocycles. The largest absolute Gasteiger partial charge is 0.395 e. The zero-order chi connectivity index (χ0) is 23.9. The van der Waals surface area contributed by atoms with Crippen LogP contribution in [0, 0.1) is 11.8 Å². The van der Waals surface area contributed by atoms with Crippen LogP contribution in [0.1, 0.15) is 19.8 Å². The van der Waals surface area contributed by atoms with Crippen LogP contribution in [0.25, 0.3) is 0 Å². The Morgan fingerprint density at radius 1 is 1.03 bits per heavy atom. The van der Waals surface area contributed by atoms with Gasteiger partial charge in [-0.15, -0.1) is 0 Å². The molecule has 3 amide bonds. The second-order valence-electron chi connectivity index (χ2n) is 9.35. The van der Waals surface area contributed by atoms with Crippen LogP contribution >= 0.6 is 0 Å². The van der Waals surface area contributed by atoms with Crippen LogP contribution in [0.15, 0.2) is 54.6 Å². The van der Waals surface area contributed by atoms with E-state index in [1.54, 1.807) is 9.80 Å². The fourth-order valence-corrected chi connectivity index (χ4v) is 5.92. The average molecular weight is 466 g/mol. The van der Waals surface area contributed by atoms with Gasteiger partial charge in [0.05, 0.1) is 24.5 Å². The third kappa shape index (κ3) is 3.39. The van der Waals surface area contributed by atoms with Crippen molar-refractivity contribution < 1.29 is 24.2 Å². The zero-order valence-electron chi connectivity index (χ0n) is 19.4. The number of likely N-dealkylation sites (tertiary alicyclic amines) is 1. The van der Waals surface area contributed by atoms with Gasteiger partial charge in [0.15, 0.2) is 0 Å². The lowest BCUT2D eigenvalue weighted by Gasteiger charge is -2.35. The number of anilines is 1. The maximum atomic E-state index is 13.9. The summed E-state index contributed by atoms with van der Waals surface area (Å²) in [4.78, 5) is 46.3. The van der Waals surface area contributed by atoms with Gasteiger partial charge in [-0.05, 0) is 18.6 Å². The second kappa shape index (κ2) is 9.00. The molecule has 2 saturated heterocycles. The minimum Gasteiger partial charge on any atom is -0.395 e. The SMILES string of the molecule is CCCCN1CC=C[C@]23O[C@H]4C=CCN(c5ccccc5)C(=O)[C@H]4[C@H]2C(=O)N(CCO)C3C1=O. The Kier molecular flexibility index (Phi) is 6.04. The van der Waals surface area contributed by atoms with Gasteiger partial charge >= 0.3 is 0 Å². The number of carbonyl (C=O) groups is 3. The molecule has 1 unspecified atom stereocenters. The fraction of sp³-hybridized carbons (Fsp3) is 0.500. The number of rotatable bonds is 6. The number of hydrogen-bond acceptors (Lipinski definition) is 5. The first-order chi connectivity index (χ1) is 16.5. The van der Waals surface area contributed by atoms with Crippen LogP contribution in [0.3, 0.4) is 0 Å². The van der Waals surface area contributed by atoms with Crippen LogP contribution in [0.5, 0.6) is 0 Å². The van der Waals surface area contributed by atoms with E-state index in [4.69, 9.17) is 4.74 Å². The van der Waals surface area contributed by atoms with E-state index in [1.165, 1.54) is 4.90 Å². The topological polar surface area (TPSA) is 90.4 Å². The lowest BCUT2D eigenvalue weighted by Crippen LogP contribution is -2.55. The van der Waals surface area contributed by atoms with Gasteiger partial charge in [-0.2, -0.15) is 0 Å². The molecular weight excluding hydrogens is 434 g/mol. The van der Waals surface area contributed by atoms with Crippen LogP contribution in [-0.2, 0) is 19.1 Å². The number of β-amino-alcohol motifs (C(OH)–C–C–N with tert-alkyl or cyclic N) is 1. The zero-order valence-corrected chi connectivity index (χ0v) is 19.4. The van der Waals surface area contributed by atoms with E-state index in [1.807, 2.05) is 54.6 Å². The molecule has 34 heavy (non-hydrogen) atoms. The van der Waals surface area contributed by atoms with Crippen molar-refractivity contribution in [3.05, 3.63) is 54.6 Å². The van der Waals surface area contributed by atoms with Crippen molar-refractivity contribution >= 4 is 23.4 Å². The van der Waals surface area contributed by atoms with Crippen molar-refractivity contribution in [3.8, 4) is 0 Å². The number of benzene rings is 1. The Labute approximate surface area is 199 Å². The van der Waals surface area contributed by atoms with Gasteiger partial charge in [-0.3, -0.25) is 14.4 Å². The third-order valence-electron chi connectivity index (χ3n) is 7.43. The van der Waals surface area contributed by atoms with Crippen LogP contribution in [0.4, 0.5) is 5.69 Å². The molecule has 0 aromatic heterocycles. The lowest BCUT2D eigenvalue weighted by atomic mass is 9.77. The molecule has 4 aliphatic heterocycles. The standard InChI is InChI=1S/C26H31N3O5/c1-2-3-13-27-14-8-12-26-21(24(32)29(16-17-30)22(26)25(27)33)20-19(34-26)11-7-15-28(23(20)31)18-9-5-4-6-10-18/h4-12,19-22,30H,2-3,13-17H2,1H3/t19-,20+,21-,22?,26-/m0/s1. The number of aliphatic hydroxyl groups is 1. The maximum absolute atomic E-state index is 13.9. The van der Waals surface area contributed by atoms with Crippen LogP contribution in [0.2, 0.25) is 0 Å². The molecule has 1 N–H and O–H groups in total. The van der Waals surface area contributed by atoms with Crippen molar-refractivity contribution in [2.24, 2.45) is 11.8 Å². The van der Waals surface area contributed by atoms with Crippen molar-refractivity contribution in [3.63, 3.8) is 0 Å². The molecule has 2 fully saturated rings. The van der Waals surface area contributed by atoms with Crippen molar-refractivity contribution in [2.75, 3.05) is 37.7 Å². The summed E-state index contributed by atoms with van der Waals surface area (Å²) in [6, 6.07) is 8.48. The van der Waals surface area contributed by atoms with Crippen molar-refractivity contribution in [1.82, 2.24) is 9.80 Å². The molecular formula is C26H31N3O5. The smallest absolute Gasteiger partial charge is 0.249 e. The van der Waals surface area contributed by atoms with Gasteiger partial charge in [-0.25, -0.2) is 0 Å². The molecule has 0 aliphatic carbocycles. The third-order valence-corrected chi connectivity index (χ3v) is 7.43. The summed E-state index contributed by atoms with van der Waals surface area (Å²) in [5.74, 6) is -2.26. The van der Waals surface area contributed by atoms with Gasteiger partial charge in [0, 0.05) is 31.9 Å². The predicted octanol–water partition coefficient (Wildman–Crippen LogP) is 1.36. The van der Waals surface area contributed by atoms with Gasteiger partial charge < -0.3 is 24.5 Å². The Hall–Kier alpha value is -2.97. The first kappa shape index (κ1) is 22.8. The Morgan fingerprint density at radius 3 is 2.56 bits per heavy atom. The van der Waals surface area contributed by atoms with Crippen molar-refractivity contribution in [1.29, 1.82) is 0 Å². The number of carbonyl (C=O) groups excluding carboxylic acids is 3. The lowest BCUT2D eigenvalue weighted by molar-refractivity contribution is -0.147. The highest BCUT2D eigenvalue weighted by Crippen LogP contribution is 2.53. The molecule has 1 aromatic carbocycles. The molecule has 180 valence electrons. The van der Waals surface area contributed by atoms with Gasteiger partial charge in [0.1, 0.15) is 11.6 Å². The summed E-state index contributed by atoms with van der Waals surface area (Å²) >= 11 is 0. The number of aliphatic hydroxyl groups excluding tert-OH is 1. The molecule has 8 heteroatoms. The second-order valence-corrected chi connectivity index (χ2v) is 9.35. The summed E-state index contributed by atoms with van der Waals surface area (Å²) < 4.78 is 6.55. The Morgan fingerprint density at radius 2 is 1.82 bits per heavy atom. The van der Waals surface area contributed by atoms with E-state index in [0.717, 1.165) is 18.5 Å².